The number of thiophene rings is 1. The van der Waals surface area contributed by atoms with Crippen LogP contribution in [0.15, 0.2) is 10.8 Å². The molecule has 1 heterocycles. The van der Waals surface area contributed by atoms with Crippen molar-refractivity contribution in [1.29, 1.82) is 0 Å². The van der Waals surface area contributed by atoms with Gasteiger partial charge >= 0.3 is 0 Å². The van der Waals surface area contributed by atoms with E-state index in [4.69, 9.17) is 0 Å². The van der Waals surface area contributed by atoms with Crippen molar-refractivity contribution >= 4 is 11.3 Å². The van der Waals surface area contributed by atoms with E-state index in [0.29, 0.717) is 5.41 Å². The lowest BCUT2D eigenvalue weighted by Crippen LogP contribution is -2.26. The maximum Gasteiger partial charge on any atom is -0.00582 e. The molecular weight excluding hydrogens is 176 g/mol. The van der Waals surface area contributed by atoms with Gasteiger partial charge in [-0.15, -0.1) is 0 Å². The van der Waals surface area contributed by atoms with Crippen LogP contribution in [-0.4, -0.2) is 0 Å². The lowest BCUT2D eigenvalue weighted by atomic mass is 9.69. The van der Waals surface area contributed by atoms with Gasteiger partial charge in [0.15, 0.2) is 0 Å². The van der Waals surface area contributed by atoms with E-state index in [0.717, 1.165) is 0 Å². The van der Waals surface area contributed by atoms with Crippen LogP contribution in [0.4, 0.5) is 0 Å². The Balaban J connectivity index is 2.24. The van der Waals surface area contributed by atoms with Gasteiger partial charge in [0, 0.05) is 0 Å². The van der Waals surface area contributed by atoms with Crippen LogP contribution in [0.1, 0.15) is 44.2 Å². The molecule has 0 saturated carbocycles. The smallest absolute Gasteiger partial charge is 0.00582 e. The highest BCUT2D eigenvalue weighted by atomic mass is 32.1. The largest absolute Gasteiger partial charge is 0.152 e. The Morgan fingerprint density at radius 3 is 2.62 bits per heavy atom. The Labute approximate surface area is 85.0 Å². The molecule has 0 amide bonds. The van der Waals surface area contributed by atoms with Crippen molar-refractivity contribution in [1.82, 2.24) is 0 Å². The number of hydrogen-bond donors (Lipinski definition) is 0. The fourth-order valence-electron chi connectivity index (χ4n) is 2.47. The maximum absolute atomic E-state index is 2.36. The van der Waals surface area contributed by atoms with Crippen molar-refractivity contribution in [3.05, 3.63) is 21.9 Å². The molecule has 0 unspecified atom stereocenters. The number of fused-ring (bicyclic) bond motifs is 1. The van der Waals surface area contributed by atoms with Crippen LogP contribution in [0.5, 0.6) is 0 Å². The number of rotatable bonds is 2. The van der Waals surface area contributed by atoms with E-state index in [1.54, 1.807) is 11.1 Å². The van der Waals surface area contributed by atoms with E-state index in [1.165, 1.54) is 32.1 Å². The molecule has 2 rings (SSSR count). The van der Waals surface area contributed by atoms with E-state index in [9.17, 15) is 0 Å². The zero-order valence-electron chi connectivity index (χ0n) is 8.60. The summed E-state index contributed by atoms with van der Waals surface area (Å²) in [6.45, 7) is 4.70. The zero-order chi connectivity index (χ0) is 9.31. The average Bonchev–Trinajstić information content (AvgIpc) is 2.64. The molecule has 0 atom stereocenters. The maximum atomic E-state index is 2.36. The summed E-state index contributed by atoms with van der Waals surface area (Å²) in [5.74, 6) is 0. The topological polar surface area (TPSA) is 0 Å². The van der Waals surface area contributed by atoms with Gasteiger partial charge in [-0.2, -0.15) is 11.3 Å². The van der Waals surface area contributed by atoms with Crippen molar-refractivity contribution < 1.29 is 0 Å². The Kier molecular flexibility index (Phi) is 2.46. The first-order valence-corrected chi connectivity index (χ1v) is 6.28. The molecule has 0 radical (unpaired) electrons. The highest BCUT2D eigenvalue weighted by Gasteiger charge is 2.31. The third-order valence-electron chi connectivity index (χ3n) is 3.82. The van der Waals surface area contributed by atoms with Gasteiger partial charge in [-0.05, 0) is 46.6 Å². The minimum Gasteiger partial charge on any atom is -0.152 e. The molecule has 0 fully saturated rings. The first kappa shape index (κ1) is 9.26. The second-order valence-electron chi connectivity index (χ2n) is 4.31. The molecule has 0 aliphatic heterocycles. The lowest BCUT2D eigenvalue weighted by Gasteiger charge is -2.35. The standard InChI is InChI=1S/C12H18S/c1-3-12(4-2)6-5-10-8-13-9-11(10)7-12/h8-9H,3-7H2,1-2H3. The fourth-order valence-corrected chi connectivity index (χ4v) is 3.37. The molecule has 1 heteroatoms. The van der Waals surface area contributed by atoms with Crippen LogP contribution < -0.4 is 0 Å². The Hall–Kier alpha value is -0.300. The van der Waals surface area contributed by atoms with Crippen LogP contribution >= 0.6 is 11.3 Å². The third kappa shape index (κ3) is 1.54. The summed E-state index contributed by atoms with van der Waals surface area (Å²) in [6, 6.07) is 0. The van der Waals surface area contributed by atoms with Gasteiger partial charge in [-0.1, -0.05) is 26.7 Å². The summed E-state index contributed by atoms with van der Waals surface area (Å²) in [6.07, 6.45) is 6.75. The first-order chi connectivity index (χ1) is 6.29. The average molecular weight is 194 g/mol. The van der Waals surface area contributed by atoms with Crippen molar-refractivity contribution in [2.24, 2.45) is 5.41 Å². The van der Waals surface area contributed by atoms with Gasteiger partial charge in [0.2, 0.25) is 0 Å². The third-order valence-corrected chi connectivity index (χ3v) is 4.66. The van der Waals surface area contributed by atoms with Crippen LogP contribution in [0, 0.1) is 5.41 Å². The lowest BCUT2D eigenvalue weighted by molar-refractivity contribution is 0.225. The Morgan fingerprint density at radius 2 is 1.92 bits per heavy atom. The molecule has 0 saturated heterocycles. The summed E-state index contributed by atoms with van der Waals surface area (Å²) in [7, 11) is 0. The van der Waals surface area contributed by atoms with Gasteiger partial charge in [0.25, 0.3) is 0 Å². The van der Waals surface area contributed by atoms with Gasteiger partial charge in [0.05, 0.1) is 0 Å². The van der Waals surface area contributed by atoms with Crippen molar-refractivity contribution in [2.75, 3.05) is 0 Å². The predicted molar refractivity (Wildman–Crippen MR) is 59.4 cm³/mol. The van der Waals surface area contributed by atoms with Crippen molar-refractivity contribution in [3.63, 3.8) is 0 Å². The zero-order valence-corrected chi connectivity index (χ0v) is 9.41. The molecular formula is C12H18S. The molecule has 0 aromatic carbocycles. The number of aryl methyl sites for hydroxylation is 1. The second kappa shape index (κ2) is 3.45. The van der Waals surface area contributed by atoms with E-state index in [1.807, 2.05) is 11.3 Å². The highest BCUT2D eigenvalue weighted by molar-refractivity contribution is 7.08. The SMILES string of the molecule is CCC1(CC)CCc2cscc2C1. The second-order valence-corrected chi connectivity index (χ2v) is 5.05. The monoisotopic (exact) mass is 194 g/mol. The van der Waals surface area contributed by atoms with E-state index < -0.39 is 0 Å². The molecule has 0 bridgehead atoms. The highest BCUT2D eigenvalue weighted by Crippen LogP contribution is 2.41. The van der Waals surface area contributed by atoms with E-state index in [2.05, 4.69) is 24.6 Å². The molecule has 1 aromatic heterocycles. The summed E-state index contributed by atoms with van der Waals surface area (Å²) in [5, 5.41) is 4.69. The minimum absolute atomic E-state index is 0.633. The molecule has 13 heavy (non-hydrogen) atoms. The Bertz CT molecular complexity index is 281. The predicted octanol–water partition coefficient (Wildman–Crippen LogP) is 4.04. The van der Waals surface area contributed by atoms with Crippen LogP contribution in [0.2, 0.25) is 0 Å². The van der Waals surface area contributed by atoms with Crippen LogP contribution in [-0.2, 0) is 12.8 Å². The van der Waals surface area contributed by atoms with Gasteiger partial charge in [0.1, 0.15) is 0 Å². The molecule has 1 aliphatic rings. The van der Waals surface area contributed by atoms with Gasteiger partial charge in [-0.3, -0.25) is 0 Å². The van der Waals surface area contributed by atoms with Gasteiger partial charge in [-0.25, -0.2) is 0 Å². The quantitative estimate of drug-likeness (QED) is 0.666. The van der Waals surface area contributed by atoms with Crippen molar-refractivity contribution in [3.8, 4) is 0 Å². The summed E-state index contributed by atoms with van der Waals surface area (Å²) < 4.78 is 0. The summed E-state index contributed by atoms with van der Waals surface area (Å²) in [4.78, 5) is 0. The van der Waals surface area contributed by atoms with E-state index >= 15 is 0 Å². The van der Waals surface area contributed by atoms with Gasteiger partial charge < -0.3 is 0 Å². The minimum atomic E-state index is 0.633. The summed E-state index contributed by atoms with van der Waals surface area (Å²) in [5.41, 5.74) is 3.90. The van der Waals surface area contributed by atoms with Crippen molar-refractivity contribution in [2.45, 2.75) is 46.0 Å². The normalized spacial score (nSPS) is 19.8. The molecule has 0 N–H and O–H groups in total. The Morgan fingerprint density at radius 1 is 1.23 bits per heavy atom. The van der Waals surface area contributed by atoms with E-state index in [-0.39, 0.29) is 0 Å². The fraction of sp³-hybridized carbons (Fsp3) is 0.667. The molecule has 0 nitrogen and oxygen atoms in total. The van der Waals surface area contributed by atoms with Crippen LogP contribution in [0.3, 0.4) is 0 Å². The molecule has 72 valence electrons. The first-order valence-electron chi connectivity index (χ1n) is 5.33. The summed E-state index contributed by atoms with van der Waals surface area (Å²) >= 11 is 1.88. The molecule has 0 spiro atoms. The molecule has 1 aliphatic carbocycles. The van der Waals surface area contributed by atoms with Crippen LogP contribution in [0.25, 0.3) is 0 Å². The number of hydrogen-bond acceptors (Lipinski definition) is 1. The molecule has 1 aromatic rings.